The number of carbonyl (C=O) groups is 1. The third kappa shape index (κ3) is 2.70. The van der Waals surface area contributed by atoms with Crippen LogP contribution in [0.5, 0.6) is 0 Å². The number of sulfonamides is 1. The summed E-state index contributed by atoms with van der Waals surface area (Å²) < 4.78 is 26.4. The number of nitrogens with zero attached hydrogens (tertiary/aromatic N) is 1. The summed E-state index contributed by atoms with van der Waals surface area (Å²) in [6.07, 6.45) is 1.31. The molecule has 6 nitrogen and oxygen atoms in total. The van der Waals surface area contributed by atoms with E-state index in [0.717, 1.165) is 17.4 Å². The molecule has 0 aliphatic carbocycles. The summed E-state index contributed by atoms with van der Waals surface area (Å²) in [7, 11) is -3.77. The fraction of sp³-hybridized carbons (Fsp3) is 0.500. The zero-order valence-electron chi connectivity index (χ0n) is 9.74. The van der Waals surface area contributed by atoms with Crippen LogP contribution in [0.2, 0.25) is 0 Å². The largest absolute Gasteiger partial charge is 0.477 e. The summed E-state index contributed by atoms with van der Waals surface area (Å²) in [5.41, 5.74) is 0. The third-order valence-corrected chi connectivity index (χ3v) is 7.18. The maximum absolute atomic E-state index is 12.5. The van der Waals surface area contributed by atoms with E-state index >= 15 is 0 Å². The Labute approximate surface area is 122 Å². The normalized spacial score (nSPS) is 20.8. The molecule has 1 aromatic heterocycles. The summed E-state index contributed by atoms with van der Waals surface area (Å²) in [6, 6.07) is 0.726. The van der Waals surface area contributed by atoms with Gasteiger partial charge in [-0.2, -0.15) is 4.31 Å². The number of thiophene rings is 1. The second kappa shape index (κ2) is 5.49. The summed E-state index contributed by atoms with van der Waals surface area (Å²) >= 11 is 3.96. The topological polar surface area (TPSA) is 94.9 Å². The van der Waals surface area contributed by atoms with E-state index in [9.17, 15) is 18.3 Å². The number of aliphatic hydroxyl groups is 1. The van der Waals surface area contributed by atoms with Gasteiger partial charge in [-0.3, -0.25) is 0 Å². The monoisotopic (exact) mass is 369 g/mol. The van der Waals surface area contributed by atoms with Crippen molar-refractivity contribution >= 4 is 43.3 Å². The lowest BCUT2D eigenvalue weighted by molar-refractivity contribution is 0.0702. The second-order valence-electron chi connectivity index (χ2n) is 4.15. The highest BCUT2D eigenvalue weighted by Gasteiger charge is 2.37. The summed E-state index contributed by atoms with van der Waals surface area (Å²) in [5.74, 6) is -1.16. The third-order valence-electron chi connectivity index (χ3n) is 2.99. The van der Waals surface area contributed by atoms with Gasteiger partial charge in [-0.15, -0.1) is 11.3 Å². The van der Waals surface area contributed by atoms with E-state index in [1.807, 2.05) is 0 Å². The van der Waals surface area contributed by atoms with Gasteiger partial charge in [0.25, 0.3) is 0 Å². The Morgan fingerprint density at radius 1 is 1.58 bits per heavy atom. The molecule has 19 heavy (non-hydrogen) atoms. The first-order chi connectivity index (χ1) is 8.87. The molecule has 1 aliphatic heterocycles. The van der Waals surface area contributed by atoms with Gasteiger partial charge in [-0.05, 0) is 34.8 Å². The quantitative estimate of drug-likeness (QED) is 0.835. The molecular formula is C10H12BrNO5S2. The summed E-state index contributed by atoms with van der Waals surface area (Å²) in [5, 5.41) is 18.1. The molecule has 0 saturated carbocycles. The molecule has 2 rings (SSSR count). The number of aliphatic hydroxyl groups excluding tert-OH is 1. The highest BCUT2D eigenvalue weighted by Crippen LogP contribution is 2.35. The minimum absolute atomic E-state index is 0.0369. The van der Waals surface area contributed by atoms with Crippen LogP contribution in [0, 0.1) is 0 Å². The fourth-order valence-corrected chi connectivity index (χ4v) is 6.11. The standard InChI is InChI=1S/C10H12BrNO5S2/c11-9-8(4-7(18-9)10(14)15)19(16,17)12-3-1-2-6(12)5-13/h4,6,13H,1-3,5H2,(H,14,15)/t6-/m0/s1. The molecule has 2 heterocycles. The molecule has 2 N–H and O–H groups in total. The van der Waals surface area contributed by atoms with Crippen LogP contribution in [0.3, 0.4) is 0 Å². The summed E-state index contributed by atoms with van der Waals surface area (Å²) in [6.45, 7) is 0.116. The van der Waals surface area contributed by atoms with Crippen LogP contribution in [-0.2, 0) is 10.0 Å². The first-order valence-electron chi connectivity index (χ1n) is 5.53. The Morgan fingerprint density at radius 2 is 2.26 bits per heavy atom. The van der Waals surface area contributed by atoms with Crippen molar-refractivity contribution in [1.29, 1.82) is 0 Å². The van der Waals surface area contributed by atoms with Crippen molar-refractivity contribution in [3.63, 3.8) is 0 Å². The van der Waals surface area contributed by atoms with Crippen LogP contribution in [0.25, 0.3) is 0 Å². The van der Waals surface area contributed by atoms with Gasteiger partial charge >= 0.3 is 5.97 Å². The Bertz CT molecular complexity index is 597. The van der Waals surface area contributed by atoms with Crippen LogP contribution in [0.15, 0.2) is 14.7 Å². The van der Waals surface area contributed by atoms with Crippen LogP contribution in [-0.4, -0.2) is 48.1 Å². The molecule has 1 aliphatic rings. The lowest BCUT2D eigenvalue weighted by Gasteiger charge is -2.21. The molecule has 1 saturated heterocycles. The Kier molecular flexibility index (Phi) is 4.31. The van der Waals surface area contributed by atoms with Gasteiger partial charge in [0.05, 0.1) is 10.4 Å². The number of rotatable bonds is 4. The van der Waals surface area contributed by atoms with Crippen molar-refractivity contribution in [2.45, 2.75) is 23.8 Å². The second-order valence-corrected chi connectivity index (χ2v) is 8.38. The minimum Gasteiger partial charge on any atom is -0.477 e. The molecule has 106 valence electrons. The van der Waals surface area contributed by atoms with Gasteiger partial charge in [-0.1, -0.05) is 0 Å². The van der Waals surface area contributed by atoms with Crippen molar-refractivity contribution in [3.05, 3.63) is 14.7 Å². The van der Waals surface area contributed by atoms with Crippen LogP contribution >= 0.6 is 27.3 Å². The van der Waals surface area contributed by atoms with Gasteiger partial charge < -0.3 is 10.2 Å². The molecule has 0 bridgehead atoms. The zero-order chi connectivity index (χ0) is 14.2. The van der Waals surface area contributed by atoms with Gasteiger partial charge in [0.1, 0.15) is 9.77 Å². The number of carboxylic acid groups (broad SMARTS) is 1. The van der Waals surface area contributed by atoms with Crippen LogP contribution in [0.1, 0.15) is 22.5 Å². The number of hydrogen-bond donors (Lipinski definition) is 2. The Morgan fingerprint density at radius 3 is 2.79 bits per heavy atom. The van der Waals surface area contributed by atoms with Crippen molar-refractivity contribution in [2.24, 2.45) is 0 Å². The van der Waals surface area contributed by atoms with Crippen LogP contribution in [0.4, 0.5) is 0 Å². The zero-order valence-corrected chi connectivity index (χ0v) is 13.0. The molecule has 0 radical (unpaired) electrons. The number of hydrogen-bond acceptors (Lipinski definition) is 5. The molecule has 0 spiro atoms. The predicted molar refractivity (Wildman–Crippen MR) is 73.0 cm³/mol. The smallest absolute Gasteiger partial charge is 0.345 e. The number of halogens is 1. The molecule has 0 amide bonds. The summed E-state index contributed by atoms with van der Waals surface area (Å²) in [4.78, 5) is 10.8. The van der Waals surface area contributed by atoms with Gasteiger partial charge in [0.15, 0.2) is 0 Å². The van der Waals surface area contributed by atoms with E-state index in [0.29, 0.717) is 19.4 Å². The maximum Gasteiger partial charge on any atom is 0.345 e. The average Bonchev–Trinajstić information content (AvgIpc) is 2.94. The van der Waals surface area contributed by atoms with E-state index in [-0.39, 0.29) is 20.2 Å². The first kappa shape index (κ1) is 14.9. The molecule has 1 fully saturated rings. The first-order valence-corrected chi connectivity index (χ1v) is 8.58. The SMILES string of the molecule is O=C(O)c1cc(S(=O)(=O)N2CCC[C@H]2CO)c(Br)s1. The molecule has 9 heteroatoms. The minimum atomic E-state index is -3.77. The van der Waals surface area contributed by atoms with Gasteiger partial charge in [0.2, 0.25) is 10.0 Å². The highest BCUT2D eigenvalue weighted by molar-refractivity contribution is 9.11. The van der Waals surface area contributed by atoms with E-state index in [2.05, 4.69) is 15.9 Å². The molecule has 1 aromatic rings. The van der Waals surface area contributed by atoms with E-state index < -0.39 is 22.0 Å². The van der Waals surface area contributed by atoms with Crippen molar-refractivity contribution in [3.8, 4) is 0 Å². The van der Waals surface area contributed by atoms with Crippen LogP contribution < -0.4 is 0 Å². The van der Waals surface area contributed by atoms with E-state index in [1.54, 1.807) is 0 Å². The molecule has 0 unspecified atom stereocenters. The van der Waals surface area contributed by atoms with Gasteiger partial charge in [-0.25, -0.2) is 13.2 Å². The Hall–Kier alpha value is -0.480. The average molecular weight is 370 g/mol. The highest BCUT2D eigenvalue weighted by atomic mass is 79.9. The van der Waals surface area contributed by atoms with Crippen molar-refractivity contribution in [2.75, 3.05) is 13.2 Å². The predicted octanol–water partition coefficient (Wildman–Crippen LogP) is 1.35. The van der Waals surface area contributed by atoms with Crippen molar-refractivity contribution < 1.29 is 23.4 Å². The van der Waals surface area contributed by atoms with Crippen molar-refractivity contribution in [1.82, 2.24) is 4.31 Å². The fourth-order valence-electron chi connectivity index (χ4n) is 2.07. The maximum atomic E-state index is 12.5. The number of aromatic carboxylic acids is 1. The number of carboxylic acids is 1. The van der Waals surface area contributed by atoms with E-state index in [4.69, 9.17) is 5.11 Å². The van der Waals surface area contributed by atoms with E-state index in [1.165, 1.54) is 4.31 Å². The Balaban J connectivity index is 2.42. The lowest BCUT2D eigenvalue weighted by atomic mass is 10.2. The lowest BCUT2D eigenvalue weighted by Crippen LogP contribution is -2.37. The van der Waals surface area contributed by atoms with Gasteiger partial charge in [0, 0.05) is 12.6 Å². The molecule has 0 aromatic carbocycles. The molecular weight excluding hydrogens is 358 g/mol. The molecule has 1 atom stereocenters.